The van der Waals surface area contributed by atoms with E-state index in [1.165, 1.54) is 0 Å². The largest absolute Gasteiger partial charge is 0.382 e. The van der Waals surface area contributed by atoms with Crippen molar-refractivity contribution in [2.75, 3.05) is 0 Å². The molecule has 3 atom stereocenters. The lowest BCUT2D eigenvalue weighted by Gasteiger charge is -2.34. The third-order valence-electron chi connectivity index (χ3n) is 7.88. The van der Waals surface area contributed by atoms with Gasteiger partial charge in [0.1, 0.15) is 0 Å². The molecule has 0 saturated heterocycles. The van der Waals surface area contributed by atoms with Crippen LogP contribution in [0.2, 0.25) is 0 Å². The molecule has 0 radical (unpaired) electrons. The number of unbranched alkanes of at least 4 members (excludes halogenated alkanes) is 9. The van der Waals surface area contributed by atoms with Crippen molar-refractivity contribution in [2.45, 2.75) is 167 Å². The Morgan fingerprint density at radius 2 is 0.889 bits per heavy atom. The van der Waals surface area contributed by atoms with Gasteiger partial charge in [-0.25, -0.2) is 0 Å². The maximum absolute atomic E-state index is 13.1. The molecule has 0 aliphatic rings. The van der Waals surface area contributed by atoms with E-state index in [0.29, 0.717) is 25.7 Å². The van der Waals surface area contributed by atoms with E-state index in [2.05, 4.69) is 69.4 Å². The summed E-state index contributed by atoms with van der Waals surface area (Å²) in [4.78, 5) is 38.8. The zero-order chi connectivity index (χ0) is 33.6. The topological polar surface area (TPSA) is 112 Å². The number of hydrogen-bond acceptors (Lipinski definition) is 6. The third kappa shape index (κ3) is 20.4. The van der Waals surface area contributed by atoms with Crippen molar-refractivity contribution in [1.29, 1.82) is 0 Å². The van der Waals surface area contributed by atoms with E-state index < -0.39 is 35.2 Å². The lowest BCUT2D eigenvalue weighted by molar-refractivity contribution is -0.181. The van der Waals surface area contributed by atoms with Crippen molar-refractivity contribution in [3.8, 4) is 0 Å². The Morgan fingerprint density at radius 3 is 1.33 bits per heavy atom. The van der Waals surface area contributed by atoms with E-state index in [-0.39, 0.29) is 19.3 Å². The van der Waals surface area contributed by atoms with Gasteiger partial charge in [0.2, 0.25) is 0 Å². The first-order chi connectivity index (χ1) is 21.8. The Hall–Kier alpha value is -2.41. The summed E-state index contributed by atoms with van der Waals surface area (Å²) < 4.78 is 0. The van der Waals surface area contributed by atoms with Crippen LogP contribution >= 0.6 is 0 Å². The molecule has 0 spiro atoms. The van der Waals surface area contributed by atoms with Gasteiger partial charge in [0.15, 0.2) is 35.2 Å². The molecule has 256 valence electrons. The second-order valence-electron chi connectivity index (χ2n) is 11.9. The summed E-state index contributed by atoms with van der Waals surface area (Å²) in [6, 6.07) is 0. The maximum Gasteiger partial charge on any atom is 0.189 e. The molecule has 2 unspecified atom stereocenters. The zero-order valence-electron chi connectivity index (χ0n) is 28.6. The van der Waals surface area contributed by atoms with E-state index >= 15 is 0 Å². The molecule has 0 aliphatic heterocycles. The summed E-state index contributed by atoms with van der Waals surface area (Å²) in [6.45, 7) is 6.30. The summed E-state index contributed by atoms with van der Waals surface area (Å²) >= 11 is 0. The molecule has 0 heterocycles. The lowest BCUT2D eigenvalue weighted by Crippen LogP contribution is -2.63. The monoisotopic (exact) mass is 628 g/mol. The molecule has 0 amide bonds. The second-order valence-corrected chi connectivity index (χ2v) is 11.9. The molecule has 3 N–H and O–H groups in total. The fourth-order valence-corrected chi connectivity index (χ4v) is 4.97. The Labute approximate surface area is 274 Å². The number of hydrogen-bond donors (Lipinski definition) is 3. The molecule has 6 heteroatoms. The van der Waals surface area contributed by atoms with Gasteiger partial charge in [-0.1, -0.05) is 133 Å². The molecule has 0 aromatic heterocycles. The molecule has 0 aliphatic carbocycles. The number of Topliss-reactive ketones (excluding diaryl/α,β-unsaturated/α-hetero) is 3. The maximum atomic E-state index is 13.1. The quantitative estimate of drug-likeness (QED) is 0.0541. The summed E-state index contributed by atoms with van der Waals surface area (Å²) in [7, 11) is 0. The van der Waals surface area contributed by atoms with E-state index in [1.54, 1.807) is 0 Å². The minimum atomic E-state index is -2.82. The highest BCUT2D eigenvalue weighted by molar-refractivity contribution is 6.01. The van der Waals surface area contributed by atoms with Crippen LogP contribution in [0.5, 0.6) is 0 Å². The fraction of sp³-hybridized carbons (Fsp3) is 0.667. The third-order valence-corrected chi connectivity index (χ3v) is 7.88. The number of ketones is 3. The van der Waals surface area contributed by atoms with E-state index in [9.17, 15) is 29.7 Å². The van der Waals surface area contributed by atoms with Crippen LogP contribution in [-0.4, -0.2) is 50.5 Å². The van der Waals surface area contributed by atoms with Crippen LogP contribution in [0.15, 0.2) is 60.8 Å². The summed E-state index contributed by atoms with van der Waals surface area (Å²) in [5.41, 5.74) is -2.82. The number of rotatable bonds is 30. The highest BCUT2D eigenvalue weighted by Gasteiger charge is 2.53. The number of aliphatic hydroxyl groups is 3. The Balaban J connectivity index is 4.83. The molecule has 45 heavy (non-hydrogen) atoms. The number of carbonyl (C=O) groups excluding carboxylic acids is 3. The lowest BCUT2D eigenvalue weighted by atomic mass is 9.78. The van der Waals surface area contributed by atoms with Crippen molar-refractivity contribution >= 4 is 17.3 Å². The van der Waals surface area contributed by atoms with Crippen LogP contribution < -0.4 is 0 Å². The highest BCUT2D eigenvalue weighted by atomic mass is 16.4. The zero-order valence-corrected chi connectivity index (χ0v) is 28.6. The van der Waals surface area contributed by atoms with Gasteiger partial charge in [-0.2, -0.15) is 0 Å². The van der Waals surface area contributed by atoms with Gasteiger partial charge >= 0.3 is 0 Å². The molecule has 0 rings (SSSR count). The van der Waals surface area contributed by atoms with Gasteiger partial charge < -0.3 is 15.3 Å². The van der Waals surface area contributed by atoms with Crippen LogP contribution in [0.25, 0.3) is 0 Å². The predicted molar refractivity (Wildman–Crippen MR) is 187 cm³/mol. The van der Waals surface area contributed by atoms with Crippen LogP contribution in [0, 0.1) is 0 Å². The smallest absolute Gasteiger partial charge is 0.189 e. The summed E-state index contributed by atoms with van der Waals surface area (Å²) in [5, 5.41) is 33.0. The van der Waals surface area contributed by atoms with Crippen molar-refractivity contribution in [3.05, 3.63) is 60.8 Å². The highest BCUT2D eigenvalue weighted by Crippen LogP contribution is 2.25. The average molecular weight is 629 g/mol. The van der Waals surface area contributed by atoms with Crippen molar-refractivity contribution in [1.82, 2.24) is 0 Å². The predicted octanol–water partition coefficient (Wildman–Crippen LogP) is 8.79. The standard InChI is InChI=1S/C39H64O6/c1-4-7-10-13-14-15-16-17-18-19-20-21-22-23-24-27-29-32-35(41)38(44)39(45,36(42)33-30-26-12-9-6-3)37(43)34(40)31-28-25-11-8-5-2/h7,10,14-15,17-18,20-21,23-24,37-38,43-45H,4-6,8-9,11-13,16,19,22,25-33H2,1-3H3/b10-7-,15-14-,18-17-,21-20-,24-23-/t37?,38?,39-/m1/s1. The van der Waals surface area contributed by atoms with Crippen molar-refractivity contribution in [2.24, 2.45) is 0 Å². The van der Waals surface area contributed by atoms with E-state index in [1.807, 2.05) is 12.2 Å². The average Bonchev–Trinajstić information content (AvgIpc) is 3.04. The van der Waals surface area contributed by atoms with Gasteiger partial charge in [-0.3, -0.25) is 14.4 Å². The van der Waals surface area contributed by atoms with E-state index in [4.69, 9.17) is 0 Å². The first-order valence-electron chi connectivity index (χ1n) is 17.7. The summed E-state index contributed by atoms with van der Waals surface area (Å²) in [5.74, 6) is -2.29. The molecular weight excluding hydrogens is 564 g/mol. The van der Waals surface area contributed by atoms with Gasteiger partial charge in [0.25, 0.3) is 0 Å². The molecular formula is C39H64O6. The van der Waals surface area contributed by atoms with E-state index in [0.717, 1.165) is 83.5 Å². The molecule has 0 bridgehead atoms. The van der Waals surface area contributed by atoms with Gasteiger partial charge in [-0.15, -0.1) is 0 Å². The Morgan fingerprint density at radius 1 is 0.511 bits per heavy atom. The second kappa shape index (κ2) is 29.0. The molecule has 0 saturated carbocycles. The fourth-order valence-electron chi connectivity index (χ4n) is 4.97. The van der Waals surface area contributed by atoms with Crippen LogP contribution in [0.4, 0.5) is 0 Å². The van der Waals surface area contributed by atoms with Crippen LogP contribution in [0.1, 0.15) is 149 Å². The van der Waals surface area contributed by atoms with Crippen molar-refractivity contribution in [3.63, 3.8) is 0 Å². The van der Waals surface area contributed by atoms with Crippen LogP contribution in [0.3, 0.4) is 0 Å². The first-order valence-corrected chi connectivity index (χ1v) is 17.7. The minimum Gasteiger partial charge on any atom is -0.382 e. The molecule has 0 aromatic carbocycles. The molecule has 0 aromatic rings. The first kappa shape index (κ1) is 42.6. The van der Waals surface area contributed by atoms with Crippen LogP contribution in [-0.2, 0) is 14.4 Å². The number of carbonyl (C=O) groups is 3. The number of allylic oxidation sites excluding steroid dienone is 10. The normalized spacial score (nSPS) is 15.2. The van der Waals surface area contributed by atoms with Gasteiger partial charge in [0, 0.05) is 19.3 Å². The molecule has 6 nitrogen and oxygen atoms in total. The Bertz CT molecular complexity index is 928. The minimum absolute atomic E-state index is 0.0120. The van der Waals surface area contributed by atoms with Crippen molar-refractivity contribution < 1.29 is 29.7 Å². The summed E-state index contributed by atoms with van der Waals surface area (Å²) in [6.07, 6.45) is 30.9. The number of aliphatic hydroxyl groups excluding tert-OH is 2. The SMILES string of the molecule is CC/C=C\C/C=C\C/C=C\C/C=C\C/C=C\CCCC(=O)C(O)[C@@](O)(C(=O)CCCCCCC)C(O)C(=O)CCCCCCC. The molecule has 0 fully saturated rings. The Kier molecular flexibility index (Phi) is 27.5. The van der Waals surface area contributed by atoms with Gasteiger partial charge in [-0.05, 0) is 57.8 Å². The van der Waals surface area contributed by atoms with Gasteiger partial charge in [0.05, 0.1) is 0 Å².